The van der Waals surface area contributed by atoms with Crippen LogP contribution in [-0.4, -0.2) is 40.7 Å². The first-order chi connectivity index (χ1) is 14.3. The minimum Gasteiger partial charge on any atom is -0.497 e. The van der Waals surface area contributed by atoms with E-state index in [9.17, 15) is 18.0 Å². The van der Waals surface area contributed by atoms with Gasteiger partial charge in [-0.2, -0.15) is 13.2 Å². The van der Waals surface area contributed by atoms with Crippen molar-refractivity contribution in [1.82, 2.24) is 14.6 Å². The van der Waals surface area contributed by atoms with E-state index in [4.69, 9.17) is 4.74 Å². The van der Waals surface area contributed by atoms with Crippen LogP contribution in [0.15, 0.2) is 42.6 Å². The van der Waals surface area contributed by atoms with Gasteiger partial charge in [0.25, 0.3) is 0 Å². The predicted octanol–water partition coefficient (Wildman–Crippen LogP) is 3.61. The Morgan fingerprint density at radius 1 is 1.17 bits per heavy atom. The van der Waals surface area contributed by atoms with Gasteiger partial charge in [0.1, 0.15) is 5.75 Å². The lowest BCUT2D eigenvalue weighted by Crippen LogP contribution is -2.39. The molecule has 0 saturated carbocycles. The van der Waals surface area contributed by atoms with E-state index < -0.39 is 11.7 Å². The third-order valence-electron chi connectivity index (χ3n) is 5.20. The van der Waals surface area contributed by atoms with Crippen molar-refractivity contribution in [2.24, 2.45) is 5.92 Å². The molecule has 1 aliphatic heterocycles. The monoisotopic (exact) mass is 419 g/mol. The fraction of sp³-hybridized carbons (Fsp3) is 0.350. The van der Waals surface area contributed by atoms with Crippen molar-refractivity contribution in [3.63, 3.8) is 0 Å². The molecule has 0 spiro atoms. The summed E-state index contributed by atoms with van der Waals surface area (Å²) < 4.78 is 45.6. The molecule has 1 fully saturated rings. The highest BCUT2D eigenvalue weighted by molar-refractivity contribution is 5.92. The van der Waals surface area contributed by atoms with Gasteiger partial charge in [0.15, 0.2) is 5.65 Å². The molecule has 0 unspecified atom stereocenters. The number of halogens is 3. The Morgan fingerprint density at radius 2 is 1.93 bits per heavy atom. The number of alkyl halides is 3. The number of piperidine rings is 1. The van der Waals surface area contributed by atoms with Gasteiger partial charge in [-0.05, 0) is 37.1 Å². The number of nitrogens with zero attached hydrogens (tertiary/aromatic N) is 4. The molecule has 1 amide bonds. The quantitative estimate of drug-likeness (QED) is 0.700. The number of anilines is 2. The fourth-order valence-electron chi connectivity index (χ4n) is 3.55. The normalized spacial score (nSPS) is 15.4. The number of hydrogen-bond donors (Lipinski definition) is 1. The lowest BCUT2D eigenvalue weighted by molar-refractivity contribution is -0.137. The fourth-order valence-corrected chi connectivity index (χ4v) is 3.55. The van der Waals surface area contributed by atoms with E-state index in [2.05, 4.69) is 15.5 Å². The Kier molecular flexibility index (Phi) is 5.23. The van der Waals surface area contributed by atoms with Gasteiger partial charge in [0.05, 0.1) is 12.7 Å². The van der Waals surface area contributed by atoms with Gasteiger partial charge >= 0.3 is 6.18 Å². The smallest absolute Gasteiger partial charge is 0.417 e. The molecule has 1 N–H and O–H groups in total. The Morgan fingerprint density at radius 3 is 2.63 bits per heavy atom. The summed E-state index contributed by atoms with van der Waals surface area (Å²) in [4.78, 5) is 14.5. The number of carbonyl (C=O) groups excluding carboxylic acids is 1. The molecular formula is C20H20F3N5O2. The summed E-state index contributed by atoms with van der Waals surface area (Å²) in [6, 6.07) is 9.41. The zero-order chi connectivity index (χ0) is 21.3. The number of pyridine rings is 1. The molecule has 1 aliphatic rings. The largest absolute Gasteiger partial charge is 0.497 e. The number of aromatic nitrogens is 3. The van der Waals surface area contributed by atoms with Crippen molar-refractivity contribution in [1.29, 1.82) is 0 Å². The van der Waals surface area contributed by atoms with E-state index in [0.29, 0.717) is 49.0 Å². The number of amides is 1. The standard InChI is InChI=1S/C20H20F3N5O2/c1-30-16-4-2-3-15(11-16)24-18(29)13-7-9-27(10-8-13)19-26-25-17-6-5-14(12-28(17)19)20(21,22)23/h2-6,11-13H,7-10H2,1H3,(H,24,29). The van der Waals surface area contributed by atoms with Gasteiger partial charge in [-0.15, -0.1) is 10.2 Å². The van der Waals surface area contributed by atoms with Crippen LogP contribution in [0.3, 0.4) is 0 Å². The van der Waals surface area contributed by atoms with Crippen molar-refractivity contribution < 1.29 is 22.7 Å². The van der Waals surface area contributed by atoms with Crippen LogP contribution in [0.5, 0.6) is 5.75 Å². The summed E-state index contributed by atoms with van der Waals surface area (Å²) in [7, 11) is 1.56. The average molecular weight is 419 g/mol. The van der Waals surface area contributed by atoms with Gasteiger partial charge in [-0.25, -0.2) is 0 Å². The van der Waals surface area contributed by atoms with Crippen molar-refractivity contribution in [3.8, 4) is 5.75 Å². The highest BCUT2D eigenvalue weighted by atomic mass is 19.4. The van der Waals surface area contributed by atoms with Crippen LogP contribution in [-0.2, 0) is 11.0 Å². The molecule has 10 heteroatoms. The van der Waals surface area contributed by atoms with Crippen LogP contribution in [0.1, 0.15) is 18.4 Å². The van der Waals surface area contributed by atoms with Crippen LogP contribution in [0.4, 0.5) is 24.8 Å². The molecule has 0 aliphatic carbocycles. The maximum Gasteiger partial charge on any atom is 0.417 e. The molecule has 7 nitrogen and oxygen atoms in total. The van der Waals surface area contributed by atoms with E-state index in [-0.39, 0.29) is 11.8 Å². The van der Waals surface area contributed by atoms with Gasteiger partial charge in [-0.1, -0.05) is 6.07 Å². The summed E-state index contributed by atoms with van der Waals surface area (Å²) in [5.74, 6) is 0.716. The second kappa shape index (κ2) is 7.85. The van der Waals surface area contributed by atoms with E-state index in [1.54, 1.807) is 31.4 Å². The first-order valence-electron chi connectivity index (χ1n) is 9.47. The lowest BCUT2D eigenvalue weighted by atomic mass is 9.96. The lowest BCUT2D eigenvalue weighted by Gasteiger charge is -2.31. The minimum atomic E-state index is -4.44. The molecule has 158 valence electrons. The van der Waals surface area contributed by atoms with Crippen molar-refractivity contribution in [3.05, 3.63) is 48.2 Å². The Balaban J connectivity index is 1.43. The zero-order valence-corrected chi connectivity index (χ0v) is 16.2. The summed E-state index contributed by atoms with van der Waals surface area (Å²) in [6.45, 7) is 0.987. The van der Waals surface area contributed by atoms with E-state index in [1.165, 1.54) is 10.5 Å². The minimum absolute atomic E-state index is 0.0895. The molecule has 3 heterocycles. The van der Waals surface area contributed by atoms with E-state index >= 15 is 0 Å². The van der Waals surface area contributed by atoms with Crippen molar-refractivity contribution in [2.75, 3.05) is 30.4 Å². The molecule has 3 aromatic rings. The van der Waals surface area contributed by atoms with Crippen LogP contribution in [0, 0.1) is 5.92 Å². The van der Waals surface area contributed by atoms with Crippen LogP contribution in [0.2, 0.25) is 0 Å². The Bertz CT molecular complexity index is 1060. The van der Waals surface area contributed by atoms with Gasteiger partial charge < -0.3 is 15.0 Å². The number of benzene rings is 1. The molecule has 0 bridgehead atoms. The molecular weight excluding hydrogens is 399 g/mol. The molecule has 4 rings (SSSR count). The highest BCUT2D eigenvalue weighted by Crippen LogP contribution is 2.31. The van der Waals surface area contributed by atoms with Crippen molar-refractivity contribution >= 4 is 23.2 Å². The number of fused-ring (bicyclic) bond motifs is 1. The van der Waals surface area contributed by atoms with E-state index in [0.717, 1.165) is 12.3 Å². The Hall–Kier alpha value is -3.30. The molecule has 1 aromatic carbocycles. The molecule has 30 heavy (non-hydrogen) atoms. The topological polar surface area (TPSA) is 71.8 Å². The second-order valence-electron chi connectivity index (χ2n) is 7.13. The number of carbonyl (C=O) groups is 1. The third kappa shape index (κ3) is 4.03. The van der Waals surface area contributed by atoms with Crippen molar-refractivity contribution in [2.45, 2.75) is 19.0 Å². The third-order valence-corrected chi connectivity index (χ3v) is 5.20. The van der Waals surface area contributed by atoms with Gasteiger partial charge in [0.2, 0.25) is 11.9 Å². The van der Waals surface area contributed by atoms with E-state index in [1.807, 2.05) is 4.90 Å². The maximum absolute atomic E-state index is 13.0. The van der Waals surface area contributed by atoms with Gasteiger partial charge in [-0.3, -0.25) is 9.20 Å². The number of rotatable bonds is 4. The number of nitrogens with one attached hydrogen (secondary N) is 1. The molecule has 2 aromatic heterocycles. The first-order valence-corrected chi connectivity index (χ1v) is 9.47. The maximum atomic E-state index is 13.0. The first kappa shape index (κ1) is 20.0. The summed E-state index contributed by atoms with van der Waals surface area (Å²) in [5, 5.41) is 10.9. The summed E-state index contributed by atoms with van der Waals surface area (Å²) in [5.41, 5.74) is 0.240. The molecule has 0 radical (unpaired) electrons. The van der Waals surface area contributed by atoms with Crippen LogP contribution >= 0.6 is 0 Å². The number of ether oxygens (including phenoxy) is 1. The molecule has 1 saturated heterocycles. The van der Waals surface area contributed by atoms with Crippen LogP contribution < -0.4 is 15.0 Å². The predicted molar refractivity (Wildman–Crippen MR) is 105 cm³/mol. The second-order valence-corrected chi connectivity index (χ2v) is 7.13. The number of hydrogen-bond acceptors (Lipinski definition) is 5. The summed E-state index contributed by atoms with van der Waals surface area (Å²) in [6.07, 6.45) is -2.32. The van der Waals surface area contributed by atoms with Crippen LogP contribution in [0.25, 0.3) is 5.65 Å². The highest BCUT2D eigenvalue weighted by Gasteiger charge is 2.32. The average Bonchev–Trinajstić information content (AvgIpc) is 3.16. The summed E-state index contributed by atoms with van der Waals surface area (Å²) >= 11 is 0. The zero-order valence-electron chi connectivity index (χ0n) is 16.2. The Labute approximate surface area is 170 Å². The van der Waals surface area contributed by atoms with Gasteiger partial charge in [0, 0.05) is 37.0 Å². The molecule has 0 atom stereocenters. The SMILES string of the molecule is COc1cccc(NC(=O)C2CCN(c3nnc4ccc(C(F)(F)F)cn34)CC2)c1. The number of methoxy groups -OCH3 is 1.